The maximum Gasteiger partial charge on any atom is 0.155 e. The summed E-state index contributed by atoms with van der Waals surface area (Å²) in [6.45, 7) is 3.60. The van der Waals surface area contributed by atoms with Crippen LogP contribution >= 0.6 is 0 Å². The van der Waals surface area contributed by atoms with E-state index in [1.165, 1.54) is 25.5 Å². The summed E-state index contributed by atoms with van der Waals surface area (Å²) in [6, 6.07) is 10.6. The Kier molecular flexibility index (Phi) is 3.97. The number of fused-ring (bicyclic) bond motifs is 1. The third-order valence-corrected chi connectivity index (χ3v) is 5.67. The highest BCUT2D eigenvalue weighted by atomic mass is 19.1. The first-order valence-corrected chi connectivity index (χ1v) is 9.59. The first kappa shape index (κ1) is 15.9. The molecular formula is C21H23FN4. The molecule has 134 valence electrons. The molecular weight excluding hydrogens is 327 g/mol. The summed E-state index contributed by atoms with van der Waals surface area (Å²) in [5.41, 5.74) is 2.67. The van der Waals surface area contributed by atoms with Crippen LogP contribution in [0.5, 0.6) is 0 Å². The minimum Gasteiger partial charge on any atom is -0.303 e. The van der Waals surface area contributed by atoms with Crippen molar-refractivity contribution >= 4 is 5.65 Å². The van der Waals surface area contributed by atoms with Crippen LogP contribution in [0.4, 0.5) is 4.39 Å². The van der Waals surface area contributed by atoms with Crippen molar-refractivity contribution in [2.24, 2.45) is 5.92 Å². The van der Waals surface area contributed by atoms with Crippen LogP contribution in [0.15, 0.2) is 42.6 Å². The van der Waals surface area contributed by atoms with E-state index < -0.39 is 0 Å². The van der Waals surface area contributed by atoms with Crippen molar-refractivity contribution in [3.63, 3.8) is 0 Å². The number of halogens is 1. The van der Waals surface area contributed by atoms with Crippen molar-refractivity contribution in [1.82, 2.24) is 19.5 Å². The number of nitrogens with zero attached hydrogens (tertiary/aromatic N) is 4. The summed E-state index contributed by atoms with van der Waals surface area (Å²) >= 11 is 0. The number of aromatic nitrogens is 3. The second-order valence-corrected chi connectivity index (χ2v) is 7.72. The standard InChI is InChI=1S/C21H23FN4/c22-19-3-1-2-17(12-19)18-6-7-20-23-21(24-26(20)14-18)16-8-10-25(11-9-16)13-15-4-5-15/h1-3,6-7,12,14-16H,4-5,8-11,13H2. The van der Waals surface area contributed by atoms with Crippen molar-refractivity contribution in [1.29, 1.82) is 0 Å². The van der Waals surface area contributed by atoms with Crippen molar-refractivity contribution in [3.05, 3.63) is 54.2 Å². The van der Waals surface area contributed by atoms with Crippen LogP contribution in [-0.4, -0.2) is 39.1 Å². The first-order valence-electron chi connectivity index (χ1n) is 9.59. The lowest BCUT2D eigenvalue weighted by atomic mass is 9.96. The molecule has 0 radical (unpaired) electrons. The summed E-state index contributed by atoms with van der Waals surface area (Å²) in [5.74, 6) is 2.14. The molecule has 1 aliphatic carbocycles. The van der Waals surface area contributed by atoms with E-state index in [1.807, 2.05) is 28.9 Å². The number of hydrogen-bond acceptors (Lipinski definition) is 3. The summed E-state index contributed by atoms with van der Waals surface area (Å²) in [6.07, 6.45) is 7.06. The van der Waals surface area contributed by atoms with Gasteiger partial charge >= 0.3 is 0 Å². The smallest absolute Gasteiger partial charge is 0.155 e. The molecule has 5 heteroatoms. The monoisotopic (exact) mass is 350 g/mol. The summed E-state index contributed by atoms with van der Waals surface area (Å²) < 4.78 is 15.3. The number of hydrogen-bond donors (Lipinski definition) is 0. The topological polar surface area (TPSA) is 33.4 Å². The molecule has 1 aliphatic heterocycles. The Bertz CT molecular complexity index is 923. The zero-order valence-corrected chi connectivity index (χ0v) is 14.8. The molecule has 26 heavy (non-hydrogen) atoms. The van der Waals surface area contributed by atoms with Crippen molar-refractivity contribution < 1.29 is 4.39 Å². The fourth-order valence-electron chi connectivity index (χ4n) is 3.95. The lowest BCUT2D eigenvalue weighted by Gasteiger charge is -2.30. The van der Waals surface area contributed by atoms with Gasteiger partial charge in [-0.1, -0.05) is 12.1 Å². The lowest BCUT2D eigenvalue weighted by molar-refractivity contribution is 0.202. The van der Waals surface area contributed by atoms with Crippen molar-refractivity contribution in [2.45, 2.75) is 31.6 Å². The van der Waals surface area contributed by atoms with Crippen molar-refractivity contribution in [2.75, 3.05) is 19.6 Å². The molecule has 1 saturated heterocycles. The number of piperidine rings is 1. The van der Waals surface area contributed by atoms with E-state index in [0.717, 1.165) is 54.4 Å². The van der Waals surface area contributed by atoms with Gasteiger partial charge < -0.3 is 4.90 Å². The Morgan fingerprint density at radius 1 is 1.00 bits per heavy atom. The average molecular weight is 350 g/mol. The predicted molar refractivity (Wildman–Crippen MR) is 99.5 cm³/mol. The van der Waals surface area contributed by atoms with Crippen LogP contribution < -0.4 is 0 Å². The Balaban J connectivity index is 1.35. The van der Waals surface area contributed by atoms with E-state index in [1.54, 1.807) is 12.1 Å². The zero-order valence-electron chi connectivity index (χ0n) is 14.8. The minimum atomic E-state index is -0.222. The van der Waals surface area contributed by atoms with Crippen LogP contribution in [0.1, 0.15) is 37.4 Å². The summed E-state index contributed by atoms with van der Waals surface area (Å²) in [4.78, 5) is 7.35. The zero-order chi connectivity index (χ0) is 17.5. The molecule has 4 nitrogen and oxygen atoms in total. The highest BCUT2D eigenvalue weighted by molar-refractivity contribution is 5.64. The van der Waals surface area contributed by atoms with E-state index in [2.05, 4.69) is 4.90 Å². The molecule has 0 atom stereocenters. The fourth-order valence-corrected chi connectivity index (χ4v) is 3.95. The van der Waals surface area contributed by atoms with Crippen LogP contribution in [0.25, 0.3) is 16.8 Å². The second-order valence-electron chi connectivity index (χ2n) is 7.72. The van der Waals surface area contributed by atoms with Gasteiger partial charge in [0.1, 0.15) is 5.82 Å². The third-order valence-electron chi connectivity index (χ3n) is 5.67. The molecule has 1 saturated carbocycles. The molecule has 3 heterocycles. The SMILES string of the molecule is Fc1cccc(-c2ccc3nc(C4CCN(CC5CC5)CC4)nn3c2)c1. The summed E-state index contributed by atoms with van der Waals surface area (Å²) in [7, 11) is 0. The molecule has 2 fully saturated rings. The van der Waals surface area contributed by atoms with Gasteiger partial charge in [0.2, 0.25) is 0 Å². The maximum absolute atomic E-state index is 13.5. The Morgan fingerprint density at radius 2 is 1.85 bits per heavy atom. The molecule has 0 spiro atoms. The van der Waals surface area contributed by atoms with Gasteiger partial charge in [-0.3, -0.25) is 0 Å². The van der Waals surface area contributed by atoms with E-state index in [-0.39, 0.29) is 5.82 Å². The molecule has 0 amide bonds. The van der Waals surface area contributed by atoms with Gasteiger partial charge in [-0.2, -0.15) is 5.10 Å². The third kappa shape index (κ3) is 3.23. The molecule has 2 aliphatic rings. The molecule has 1 aromatic carbocycles. The second kappa shape index (κ2) is 6.47. The van der Waals surface area contributed by atoms with Crippen molar-refractivity contribution in [3.8, 4) is 11.1 Å². The van der Waals surface area contributed by atoms with E-state index in [9.17, 15) is 4.39 Å². The van der Waals surface area contributed by atoms with Gasteiger partial charge in [0.05, 0.1) is 0 Å². The van der Waals surface area contributed by atoms with Gasteiger partial charge in [0.25, 0.3) is 0 Å². The van der Waals surface area contributed by atoms with Crippen LogP contribution in [0.2, 0.25) is 0 Å². The number of pyridine rings is 1. The minimum absolute atomic E-state index is 0.222. The lowest BCUT2D eigenvalue weighted by Crippen LogP contribution is -2.34. The Labute approximate surface area is 152 Å². The van der Waals surface area contributed by atoms with Gasteiger partial charge in [0.15, 0.2) is 11.5 Å². The van der Waals surface area contributed by atoms with Crippen LogP contribution in [-0.2, 0) is 0 Å². The quantitative estimate of drug-likeness (QED) is 0.709. The Hall–Kier alpha value is -2.27. The molecule has 0 unspecified atom stereocenters. The predicted octanol–water partition coefficient (Wildman–Crippen LogP) is 4.12. The van der Waals surface area contributed by atoms with Gasteiger partial charge in [0, 0.05) is 24.2 Å². The summed E-state index contributed by atoms with van der Waals surface area (Å²) in [5, 5.41) is 4.74. The van der Waals surface area contributed by atoms with E-state index in [0.29, 0.717) is 5.92 Å². The van der Waals surface area contributed by atoms with E-state index in [4.69, 9.17) is 10.1 Å². The molecule has 0 bridgehead atoms. The first-order chi connectivity index (χ1) is 12.7. The Morgan fingerprint density at radius 3 is 2.62 bits per heavy atom. The highest BCUT2D eigenvalue weighted by Gasteiger charge is 2.28. The average Bonchev–Trinajstić information content (AvgIpc) is 3.37. The fraction of sp³-hybridized carbons (Fsp3) is 0.429. The van der Waals surface area contributed by atoms with Crippen LogP contribution in [0.3, 0.4) is 0 Å². The van der Waals surface area contributed by atoms with Crippen LogP contribution in [0, 0.1) is 11.7 Å². The number of benzene rings is 1. The molecule has 0 N–H and O–H groups in total. The normalized spacial score (nSPS) is 19.3. The largest absolute Gasteiger partial charge is 0.303 e. The maximum atomic E-state index is 13.5. The van der Waals surface area contributed by atoms with Gasteiger partial charge in [-0.25, -0.2) is 13.9 Å². The highest BCUT2D eigenvalue weighted by Crippen LogP contribution is 2.33. The molecule has 3 aromatic rings. The van der Waals surface area contributed by atoms with Gasteiger partial charge in [-0.05, 0) is 74.5 Å². The van der Waals surface area contributed by atoms with E-state index >= 15 is 0 Å². The number of rotatable bonds is 4. The number of likely N-dealkylation sites (tertiary alicyclic amines) is 1. The molecule has 5 rings (SSSR count). The van der Waals surface area contributed by atoms with Gasteiger partial charge in [-0.15, -0.1) is 0 Å². The molecule has 2 aromatic heterocycles.